The highest BCUT2D eigenvalue weighted by molar-refractivity contribution is 5.85. The Hall–Kier alpha value is -0.320. The fourth-order valence-electron chi connectivity index (χ4n) is 3.02. The Morgan fingerprint density at radius 2 is 1.52 bits per heavy atom. The Morgan fingerprint density at radius 3 is 1.90 bits per heavy atom. The van der Waals surface area contributed by atoms with Crippen molar-refractivity contribution in [3.05, 3.63) is 0 Å². The zero-order chi connectivity index (χ0) is 15.3. The van der Waals surface area contributed by atoms with Crippen LogP contribution in [0.15, 0.2) is 0 Å². The van der Waals surface area contributed by atoms with Crippen molar-refractivity contribution in [2.75, 3.05) is 32.7 Å². The summed E-state index contributed by atoms with van der Waals surface area (Å²) in [5, 5.41) is 3.51. The first-order valence-electron chi connectivity index (χ1n) is 8.04. The van der Waals surface area contributed by atoms with Gasteiger partial charge in [0.15, 0.2) is 0 Å². The summed E-state index contributed by atoms with van der Waals surface area (Å²) in [7, 11) is 0. The number of nitrogens with one attached hydrogen (secondary N) is 1. The van der Waals surface area contributed by atoms with E-state index in [0.29, 0.717) is 30.5 Å². The summed E-state index contributed by atoms with van der Waals surface area (Å²) in [5.41, 5.74) is 0. The Balaban J connectivity index is 0.00000400. The van der Waals surface area contributed by atoms with Crippen molar-refractivity contribution in [2.45, 2.75) is 53.6 Å². The zero-order valence-corrected chi connectivity index (χ0v) is 15.4. The predicted molar refractivity (Wildman–Crippen MR) is 92.0 cm³/mol. The Kier molecular flexibility index (Phi) is 9.50. The second-order valence-corrected chi connectivity index (χ2v) is 7.25. The third kappa shape index (κ3) is 8.03. The van der Waals surface area contributed by atoms with Gasteiger partial charge in [-0.25, -0.2) is 0 Å². The average Bonchev–Trinajstić information content (AvgIpc) is 2.24. The topological polar surface area (TPSA) is 35.6 Å². The maximum absolute atomic E-state index is 12.6. The molecule has 1 amide bonds. The first-order valence-corrected chi connectivity index (χ1v) is 8.04. The second-order valence-electron chi connectivity index (χ2n) is 7.25. The van der Waals surface area contributed by atoms with Gasteiger partial charge in [0, 0.05) is 38.3 Å². The van der Waals surface area contributed by atoms with E-state index in [9.17, 15) is 4.79 Å². The summed E-state index contributed by atoms with van der Waals surface area (Å²) < 4.78 is 0. The molecule has 1 aliphatic rings. The van der Waals surface area contributed by atoms with Crippen molar-refractivity contribution in [2.24, 2.45) is 11.8 Å². The van der Waals surface area contributed by atoms with Crippen LogP contribution in [-0.4, -0.2) is 60.5 Å². The van der Waals surface area contributed by atoms with Crippen LogP contribution in [0, 0.1) is 11.8 Å². The molecule has 0 aromatic heterocycles. The summed E-state index contributed by atoms with van der Waals surface area (Å²) in [6, 6.07) is 0.936. The molecule has 0 radical (unpaired) electrons. The van der Waals surface area contributed by atoms with Gasteiger partial charge in [0.2, 0.25) is 5.91 Å². The predicted octanol–water partition coefficient (Wildman–Crippen LogP) is 2.23. The number of hydrogen-bond donors (Lipinski definition) is 1. The first kappa shape index (κ1) is 20.7. The van der Waals surface area contributed by atoms with E-state index in [0.717, 1.165) is 26.2 Å². The smallest absolute Gasteiger partial charge is 0.236 e. The molecule has 0 aromatic rings. The lowest BCUT2D eigenvalue weighted by Gasteiger charge is -2.37. The maximum Gasteiger partial charge on any atom is 0.236 e. The monoisotopic (exact) mass is 319 g/mol. The Labute approximate surface area is 137 Å². The largest absolute Gasteiger partial charge is 0.341 e. The lowest BCUT2D eigenvalue weighted by atomic mass is 10.1. The standard InChI is InChI=1S/C16H33N3O.ClH/c1-12(2)7-19(8-13(3)4)16(20)11-18-9-14(5)17-15(6)10-18;/h12-15,17H,7-11H2,1-6H3;1H. The second kappa shape index (κ2) is 9.65. The van der Waals surface area contributed by atoms with Gasteiger partial charge in [0.1, 0.15) is 0 Å². The van der Waals surface area contributed by atoms with Gasteiger partial charge in [-0.05, 0) is 25.7 Å². The van der Waals surface area contributed by atoms with Crippen LogP contribution in [0.4, 0.5) is 0 Å². The third-order valence-corrected chi connectivity index (χ3v) is 3.52. The summed E-state index contributed by atoms with van der Waals surface area (Å²) in [4.78, 5) is 16.9. The molecular formula is C16H34ClN3O. The van der Waals surface area contributed by atoms with Gasteiger partial charge in [-0.3, -0.25) is 9.69 Å². The van der Waals surface area contributed by atoms with Crippen molar-refractivity contribution >= 4 is 18.3 Å². The highest BCUT2D eigenvalue weighted by atomic mass is 35.5. The van der Waals surface area contributed by atoms with E-state index in [-0.39, 0.29) is 18.3 Å². The number of piperazine rings is 1. The molecule has 5 heteroatoms. The van der Waals surface area contributed by atoms with Gasteiger partial charge in [0.25, 0.3) is 0 Å². The van der Waals surface area contributed by atoms with Crippen molar-refractivity contribution in [1.29, 1.82) is 0 Å². The van der Waals surface area contributed by atoms with E-state index < -0.39 is 0 Å². The van der Waals surface area contributed by atoms with Crippen molar-refractivity contribution < 1.29 is 4.79 Å². The van der Waals surface area contributed by atoms with Crippen molar-refractivity contribution in [1.82, 2.24) is 15.1 Å². The summed E-state index contributed by atoms with van der Waals surface area (Å²) in [5.74, 6) is 1.34. The molecule has 0 aromatic carbocycles. The number of halogens is 1. The molecule has 1 rings (SSSR count). The molecule has 4 nitrogen and oxygen atoms in total. The molecule has 0 bridgehead atoms. The number of carbonyl (C=O) groups is 1. The van der Waals surface area contributed by atoms with Gasteiger partial charge < -0.3 is 10.2 Å². The minimum absolute atomic E-state index is 0. The fourth-order valence-corrected chi connectivity index (χ4v) is 3.02. The van der Waals surface area contributed by atoms with Gasteiger partial charge in [0.05, 0.1) is 6.54 Å². The molecule has 1 N–H and O–H groups in total. The molecule has 1 saturated heterocycles. The number of nitrogens with zero attached hydrogens (tertiary/aromatic N) is 2. The van der Waals surface area contributed by atoms with Crippen molar-refractivity contribution in [3.63, 3.8) is 0 Å². The van der Waals surface area contributed by atoms with E-state index in [1.165, 1.54) is 0 Å². The van der Waals surface area contributed by atoms with Crippen LogP contribution in [0.25, 0.3) is 0 Å². The number of amides is 1. The lowest BCUT2D eigenvalue weighted by Crippen LogP contribution is -2.56. The summed E-state index contributed by atoms with van der Waals surface area (Å²) >= 11 is 0. The van der Waals surface area contributed by atoms with Crippen LogP contribution in [0.3, 0.4) is 0 Å². The fraction of sp³-hybridized carbons (Fsp3) is 0.938. The minimum atomic E-state index is 0. The Bertz CT molecular complexity index is 290. The lowest BCUT2D eigenvalue weighted by molar-refractivity contribution is -0.133. The number of rotatable bonds is 6. The van der Waals surface area contributed by atoms with E-state index in [1.807, 2.05) is 4.90 Å². The molecule has 0 aliphatic carbocycles. The van der Waals surface area contributed by atoms with Crippen LogP contribution >= 0.6 is 12.4 Å². The molecule has 1 heterocycles. The van der Waals surface area contributed by atoms with E-state index >= 15 is 0 Å². The van der Waals surface area contributed by atoms with E-state index in [2.05, 4.69) is 51.8 Å². The normalized spacial score (nSPS) is 23.2. The van der Waals surface area contributed by atoms with Crippen molar-refractivity contribution in [3.8, 4) is 0 Å². The molecule has 2 atom stereocenters. The average molecular weight is 320 g/mol. The molecule has 0 spiro atoms. The molecule has 21 heavy (non-hydrogen) atoms. The molecule has 1 aliphatic heterocycles. The van der Waals surface area contributed by atoms with Crippen LogP contribution in [0.2, 0.25) is 0 Å². The Morgan fingerprint density at radius 1 is 1.10 bits per heavy atom. The molecule has 1 fully saturated rings. The third-order valence-electron chi connectivity index (χ3n) is 3.52. The SMILES string of the molecule is CC(C)CN(CC(C)C)C(=O)CN1CC(C)NC(C)C1.Cl. The minimum Gasteiger partial charge on any atom is -0.341 e. The maximum atomic E-state index is 12.6. The number of hydrogen-bond acceptors (Lipinski definition) is 3. The highest BCUT2D eigenvalue weighted by Gasteiger charge is 2.25. The summed E-state index contributed by atoms with van der Waals surface area (Å²) in [6.45, 7) is 17.3. The van der Waals surface area contributed by atoms with Crippen LogP contribution in [0.5, 0.6) is 0 Å². The molecular weight excluding hydrogens is 286 g/mol. The van der Waals surface area contributed by atoms with Crippen LogP contribution < -0.4 is 5.32 Å². The molecule has 2 unspecified atom stereocenters. The van der Waals surface area contributed by atoms with Gasteiger partial charge in [-0.2, -0.15) is 0 Å². The highest BCUT2D eigenvalue weighted by Crippen LogP contribution is 2.08. The molecule has 126 valence electrons. The molecule has 0 saturated carbocycles. The van der Waals surface area contributed by atoms with Gasteiger partial charge in [-0.15, -0.1) is 12.4 Å². The zero-order valence-electron chi connectivity index (χ0n) is 14.6. The summed E-state index contributed by atoms with van der Waals surface area (Å²) in [6.07, 6.45) is 0. The number of carbonyl (C=O) groups excluding carboxylic acids is 1. The van der Waals surface area contributed by atoms with Gasteiger partial charge in [-0.1, -0.05) is 27.7 Å². The quantitative estimate of drug-likeness (QED) is 0.815. The van der Waals surface area contributed by atoms with Crippen LogP contribution in [0.1, 0.15) is 41.5 Å². The van der Waals surface area contributed by atoms with E-state index in [4.69, 9.17) is 0 Å². The van der Waals surface area contributed by atoms with Gasteiger partial charge >= 0.3 is 0 Å². The first-order chi connectivity index (χ1) is 9.27. The van der Waals surface area contributed by atoms with Crippen LogP contribution in [-0.2, 0) is 4.79 Å². The van der Waals surface area contributed by atoms with E-state index in [1.54, 1.807) is 0 Å².